The van der Waals surface area contributed by atoms with Gasteiger partial charge >= 0.3 is 0 Å². The Morgan fingerprint density at radius 2 is 1.81 bits per heavy atom. The normalized spacial score (nSPS) is 11.4. The van der Waals surface area contributed by atoms with Crippen LogP contribution in [-0.2, 0) is 0 Å². The Labute approximate surface area is 186 Å². The minimum Gasteiger partial charge on any atom is -0.352 e. The molecule has 0 atom stereocenters. The number of carbonyl (C=O) groups is 1. The van der Waals surface area contributed by atoms with E-state index in [0.29, 0.717) is 0 Å². The lowest BCUT2D eigenvalue weighted by atomic mass is 10.1. The molecule has 32 heavy (non-hydrogen) atoms. The summed E-state index contributed by atoms with van der Waals surface area (Å²) in [7, 11) is 0. The monoisotopic (exact) mass is 436 g/mol. The van der Waals surface area contributed by atoms with Gasteiger partial charge in [-0.05, 0) is 48.9 Å². The van der Waals surface area contributed by atoms with Crippen LogP contribution in [0.4, 0.5) is 0 Å². The fourth-order valence-electron chi connectivity index (χ4n) is 3.86. The van der Waals surface area contributed by atoms with Crippen LogP contribution >= 0.6 is 11.3 Å². The summed E-state index contributed by atoms with van der Waals surface area (Å²) in [6.07, 6.45) is 9.00. The van der Waals surface area contributed by atoms with Crippen molar-refractivity contribution < 1.29 is 4.79 Å². The van der Waals surface area contributed by atoms with Crippen molar-refractivity contribution >= 4 is 39.1 Å². The number of thiophene rings is 1. The molecular formula is C24H16N6OS. The topological polar surface area (TPSA) is 100 Å². The molecule has 0 amide bonds. The van der Waals surface area contributed by atoms with Gasteiger partial charge in [0.05, 0.1) is 22.3 Å². The number of Topliss-reactive ketones (excluding diaryl/α,β-unsaturated/α-hetero) is 1. The van der Waals surface area contributed by atoms with Gasteiger partial charge in [0.2, 0.25) is 0 Å². The maximum absolute atomic E-state index is 11.7. The Hall–Kier alpha value is -4.17. The van der Waals surface area contributed by atoms with Crippen molar-refractivity contribution in [2.45, 2.75) is 6.92 Å². The van der Waals surface area contributed by atoms with Crippen LogP contribution in [0.15, 0.2) is 67.4 Å². The average Bonchev–Trinajstić information content (AvgIpc) is 3.56. The molecule has 0 radical (unpaired) electrons. The molecule has 8 heteroatoms. The molecule has 0 saturated heterocycles. The number of nitrogens with zero attached hydrogens (tertiary/aromatic N) is 4. The summed E-state index contributed by atoms with van der Waals surface area (Å²) >= 11 is 1.48. The Bertz CT molecular complexity index is 1610. The van der Waals surface area contributed by atoms with E-state index in [0.717, 1.165) is 59.8 Å². The maximum atomic E-state index is 11.7. The summed E-state index contributed by atoms with van der Waals surface area (Å²) in [6, 6.07) is 11.9. The predicted molar refractivity (Wildman–Crippen MR) is 126 cm³/mol. The molecule has 0 saturated carbocycles. The molecule has 6 heterocycles. The van der Waals surface area contributed by atoms with Gasteiger partial charge in [-0.15, -0.1) is 11.3 Å². The van der Waals surface area contributed by atoms with E-state index < -0.39 is 0 Å². The second-order valence-electron chi connectivity index (χ2n) is 7.48. The standard InChI is InChI=1S/C24H16N6OS/c1-13(31)21-2-3-22(32-21)18-11-26-12-20-16(18)9-19(28-20)23-17-8-15(10-27-24(17)30-29-23)14-4-6-25-7-5-14/h2-12,28H,1H3,(H,27,29,30). The van der Waals surface area contributed by atoms with Crippen molar-refractivity contribution in [3.05, 3.63) is 72.3 Å². The highest BCUT2D eigenvalue weighted by Crippen LogP contribution is 2.36. The molecule has 0 aliphatic rings. The molecule has 2 N–H and O–H groups in total. The van der Waals surface area contributed by atoms with Crippen LogP contribution < -0.4 is 0 Å². The summed E-state index contributed by atoms with van der Waals surface area (Å²) in [5, 5.41) is 9.51. The number of ketones is 1. The number of nitrogens with one attached hydrogen (secondary N) is 2. The Morgan fingerprint density at radius 1 is 0.938 bits per heavy atom. The van der Waals surface area contributed by atoms with Crippen LogP contribution in [0.5, 0.6) is 0 Å². The molecule has 6 rings (SSSR count). The summed E-state index contributed by atoms with van der Waals surface area (Å²) in [6.45, 7) is 1.58. The fourth-order valence-corrected chi connectivity index (χ4v) is 4.78. The van der Waals surface area contributed by atoms with E-state index in [1.807, 2.05) is 36.7 Å². The highest BCUT2D eigenvalue weighted by atomic mass is 32.1. The molecule has 0 unspecified atom stereocenters. The van der Waals surface area contributed by atoms with E-state index in [2.05, 4.69) is 42.3 Å². The molecule has 6 aromatic rings. The van der Waals surface area contributed by atoms with Crippen molar-refractivity contribution in [3.63, 3.8) is 0 Å². The van der Waals surface area contributed by atoms with Crippen LogP contribution in [0, 0.1) is 0 Å². The second-order valence-corrected chi connectivity index (χ2v) is 8.56. The molecular weight excluding hydrogens is 420 g/mol. The number of hydrogen-bond acceptors (Lipinski definition) is 6. The molecule has 0 aliphatic carbocycles. The lowest BCUT2D eigenvalue weighted by Crippen LogP contribution is -1.83. The minimum atomic E-state index is 0.0663. The first-order chi connectivity index (χ1) is 15.7. The number of rotatable bonds is 4. The molecule has 0 spiro atoms. The molecule has 0 fully saturated rings. The first kappa shape index (κ1) is 18.6. The quantitative estimate of drug-likeness (QED) is 0.356. The van der Waals surface area contributed by atoms with Gasteiger partial charge in [-0.25, -0.2) is 4.98 Å². The first-order valence-electron chi connectivity index (χ1n) is 10.00. The number of fused-ring (bicyclic) bond motifs is 2. The van der Waals surface area contributed by atoms with Crippen LogP contribution in [0.2, 0.25) is 0 Å². The minimum absolute atomic E-state index is 0.0663. The zero-order chi connectivity index (χ0) is 21.7. The SMILES string of the molecule is CC(=O)c1ccc(-c2cncc3[nH]c(-c4n[nH]c5ncc(-c6ccncc6)cc45)cc23)s1. The molecule has 0 aromatic carbocycles. The number of H-pyrrole nitrogens is 2. The van der Waals surface area contributed by atoms with Gasteiger partial charge in [0.1, 0.15) is 5.69 Å². The predicted octanol–water partition coefficient (Wildman–Crippen LogP) is 5.49. The highest BCUT2D eigenvalue weighted by molar-refractivity contribution is 7.17. The van der Waals surface area contributed by atoms with Gasteiger partial charge < -0.3 is 4.98 Å². The van der Waals surface area contributed by atoms with Gasteiger partial charge in [0.15, 0.2) is 11.4 Å². The summed E-state index contributed by atoms with van der Waals surface area (Å²) in [4.78, 5) is 30.0. The number of aromatic amines is 2. The van der Waals surface area contributed by atoms with E-state index in [-0.39, 0.29) is 5.78 Å². The first-order valence-corrected chi connectivity index (χ1v) is 10.8. The zero-order valence-electron chi connectivity index (χ0n) is 17.0. The lowest BCUT2D eigenvalue weighted by Gasteiger charge is -2.01. The lowest BCUT2D eigenvalue weighted by molar-refractivity contribution is 0.102. The van der Waals surface area contributed by atoms with Crippen LogP contribution in [0.1, 0.15) is 16.6 Å². The third-order valence-corrected chi connectivity index (χ3v) is 6.67. The van der Waals surface area contributed by atoms with Gasteiger partial charge in [0, 0.05) is 51.6 Å². The summed E-state index contributed by atoms with van der Waals surface area (Å²) < 4.78 is 0. The Balaban J connectivity index is 1.49. The smallest absolute Gasteiger partial charge is 0.169 e. The van der Waals surface area contributed by atoms with Crippen molar-refractivity contribution in [1.82, 2.24) is 30.1 Å². The number of hydrogen-bond donors (Lipinski definition) is 2. The molecule has 154 valence electrons. The second kappa shape index (κ2) is 7.21. The van der Waals surface area contributed by atoms with E-state index in [4.69, 9.17) is 0 Å². The summed E-state index contributed by atoms with van der Waals surface area (Å²) in [5.41, 5.74) is 6.32. The van der Waals surface area contributed by atoms with Crippen LogP contribution in [0.25, 0.3) is 54.9 Å². The maximum Gasteiger partial charge on any atom is 0.169 e. The number of aromatic nitrogens is 6. The van der Waals surface area contributed by atoms with E-state index >= 15 is 0 Å². The third-order valence-electron chi connectivity index (χ3n) is 5.45. The van der Waals surface area contributed by atoms with Crippen molar-refractivity contribution in [1.29, 1.82) is 0 Å². The van der Waals surface area contributed by atoms with E-state index in [1.165, 1.54) is 11.3 Å². The van der Waals surface area contributed by atoms with Gasteiger partial charge in [-0.1, -0.05) is 0 Å². The molecule has 6 aromatic heterocycles. The third kappa shape index (κ3) is 3.00. The van der Waals surface area contributed by atoms with Crippen molar-refractivity contribution in [2.75, 3.05) is 0 Å². The molecule has 0 aliphatic heterocycles. The van der Waals surface area contributed by atoms with E-state index in [1.54, 1.807) is 25.5 Å². The van der Waals surface area contributed by atoms with Gasteiger partial charge in [-0.3, -0.25) is 19.9 Å². The van der Waals surface area contributed by atoms with Crippen molar-refractivity contribution in [3.8, 4) is 33.0 Å². The van der Waals surface area contributed by atoms with Gasteiger partial charge in [-0.2, -0.15) is 5.10 Å². The molecule has 0 bridgehead atoms. The van der Waals surface area contributed by atoms with Crippen molar-refractivity contribution in [2.24, 2.45) is 0 Å². The molecule has 7 nitrogen and oxygen atoms in total. The largest absolute Gasteiger partial charge is 0.352 e. The Kier molecular flexibility index (Phi) is 4.19. The Morgan fingerprint density at radius 3 is 2.62 bits per heavy atom. The average molecular weight is 437 g/mol. The summed E-state index contributed by atoms with van der Waals surface area (Å²) in [5.74, 6) is 0.0663. The number of carbonyl (C=O) groups excluding carboxylic acids is 1. The van der Waals surface area contributed by atoms with Crippen LogP contribution in [-0.4, -0.2) is 35.9 Å². The number of pyridine rings is 3. The fraction of sp³-hybridized carbons (Fsp3) is 0.0417. The highest BCUT2D eigenvalue weighted by Gasteiger charge is 2.16. The zero-order valence-corrected chi connectivity index (χ0v) is 17.8. The van der Waals surface area contributed by atoms with E-state index in [9.17, 15) is 4.79 Å². The van der Waals surface area contributed by atoms with Crippen LogP contribution in [0.3, 0.4) is 0 Å². The van der Waals surface area contributed by atoms with Gasteiger partial charge in [0.25, 0.3) is 0 Å².